The molecule has 10 heteroatoms. The first-order valence-corrected chi connectivity index (χ1v) is 5.28. The summed E-state index contributed by atoms with van der Waals surface area (Å²) in [5.74, 6) is -2.20. The molecule has 0 aromatic rings. The zero-order chi connectivity index (χ0) is 16.3. The van der Waals surface area contributed by atoms with Gasteiger partial charge in [-0.2, -0.15) is 5.48 Å². The third-order valence-corrected chi connectivity index (χ3v) is 1.88. The molecule has 4 atom stereocenters. The number of aliphatic hydroxyl groups is 5. The van der Waals surface area contributed by atoms with E-state index < -0.39 is 43.0 Å². The van der Waals surface area contributed by atoms with Crippen molar-refractivity contribution in [2.24, 2.45) is 0 Å². The summed E-state index contributed by atoms with van der Waals surface area (Å²) in [5, 5.41) is 51.8. The number of aliphatic hydroxyl groups excluding tert-OH is 5. The van der Waals surface area contributed by atoms with Gasteiger partial charge in [0.15, 0.2) is 6.10 Å². The molecule has 0 rings (SSSR count). The van der Waals surface area contributed by atoms with Gasteiger partial charge in [-0.3, -0.25) is 0 Å². The topological polar surface area (TPSA) is 177 Å². The molecule has 0 heterocycles. The summed E-state index contributed by atoms with van der Waals surface area (Å²) in [7, 11) is 1.50. The highest BCUT2D eigenvalue weighted by Crippen LogP contribution is 2.04. The van der Waals surface area contributed by atoms with Crippen molar-refractivity contribution < 1.29 is 45.1 Å². The van der Waals surface area contributed by atoms with Crippen LogP contribution in [0.2, 0.25) is 0 Å². The van der Waals surface area contributed by atoms with E-state index >= 15 is 0 Å². The van der Waals surface area contributed by atoms with E-state index in [1.807, 2.05) is 0 Å². The number of hydrogen-bond acceptors (Lipinski definition) is 9. The Kier molecular flexibility index (Phi) is 11.7. The number of carbonyl (C=O) groups excluding carboxylic acids is 1. The first-order valence-electron chi connectivity index (χ1n) is 5.28. The maximum atomic E-state index is 10.1. The van der Waals surface area contributed by atoms with Crippen LogP contribution in [-0.4, -0.2) is 80.6 Å². The lowest BCUT2D eigenvalue weighted by Crippen LogP contribution is -2.48. The summed E-state index contributed by atoms with van der Waals surface area (Å²) in [5.41, 5.74) is 2.20. The summed E-state index contributed by atoms with van der Waals surface area (Å²) in [4.78, 5) is 24.3. The van der Waals surface area contributed by atoms with Gasteiger partial charge in [0.2, 0.25) is 0 Å². The molecule has 0 aliphatic heterocycles. The van der Waals surface area contributed by atoms with Crippen molar-refractivity contribution in [2.75, 3.05) is 13.7 Å². The molecule has 0 saturated heterocycles. The highest BCUT2D eigenvalue weighted by atomic mass is 16.7. The SMILES string of the molecule is C=CC(=O)ONC.O=C(O)C(O)C(O)C(O)C(O)CO. The largest absolute Gasteiger partial charge is 0.479 e. The number of carboxylic acids is 1. The van der Waals surface area contributed by atoms with E-state index in [4.69, 9.17) is 30.6 Å². The monoisotopic (exact) mass is 297 g/mol. The van der Waals surface area contributed by atoms with E-state index in [0.717, 1.165) is 6.08 Å². The van der Waals surface area contributed by atoms with E-state index in [9.17, 15) is 9.59 Å². The molecule has 7 N–H and O–H groups in total. The molecule has 0 saturated carbocycles. The number of nitrogens with one attached hydrogen (secondary N) is 1. The van der Waals surface area contributed by atoms with Crippen LogP contribution in [0.3, 0.4) is 0 Å². The van der Waals surface area contributed by atoms with E-state index in [2.05, 4.69) is 16.9 Å². The van der Waals surface area contributed by atoms with Crippen LogP contribution in [0.4, 0.5) is 0 Å². The molecule has 20 heavy (non-hydrogen) atoms. The maximum absolute atomic E-state index is 10.1. The Labute approximate surface area is 114 Å². The van der Waals surface area contributed by atoms with Gasteiger partial charge in [0.05, 0.1) is 6.61 Å². The zero-order valence-corrected chi connectivity index (χ0v) is 10.7. The van der Waals surface area contributed by atoms with Crippen LogP contribution in [0.25, 0.3) is 0 Å². The van der Waals surface area contributed by atoms with Gasteiger partial charge in [-0.05, 0) is 0 Å². The van der Waals surface area contributed by atoms with Crippen LogP contribution in [0.15, 0.2) is 12.7 Å². The first kappa shape index (κ1) is 20.8. The average molecular weight is 297 g/mol. The molecular weight excluding hydrogens is 278 g/mol. The van der Waals surface area contributed by atoms with Gasteiger partial charge in [-0.1, -0.05) is 6.58 Å². The Bertz CT molecular complexity index is 309. The Morgan fingerprint density at radius 3 is 2.00 bits per heavy atom. The second kappa shape index (κ2) is 11.3. The number of hydrogen-bond donors (Lipinski definition) is 7. The zero-order valence-electron chi connectivity index (χ0n) is 10.7. The van der Waals surface area contributed by atoms with Crippen molar-refractivity contribution >= 4 is 11.9 Å². The highest BCUT2D eigenvalue weighted by molar-refractivity contribution is 5.80. The van der Waals surface area contributed by atoms with Crippen molar-refractivity contribution in [1.29, 1.82) is 0 Å². The normalized spacial score (nSPS) is 15.9. The second-order valence-corrected chi connectivity index (χ2v) is 3.34. The minimum absolute atomic E-state index is 0.470. The van der Waals surface area contributed by atoms with Crippen LogP contribution in [0.1, 0.15) is 0 Å². The summed E-state index contributed by atoms with van der Waals surface area (Å²) in [6, 6.07) is 0. The lowest BCUT2D eigenvalue weighted by molar-refractivity contribution is -0.164. The molecule has 0 aromatic heterocycles. The minimum Gasteiger partial charge on any atom is -0.479 e. The quantitative estimate of drug-likeness (QED) is 0.183. The van der Waals surface area contributed by atoms with E-state index in [0.29, 0.717) is 0 Å². The highest BCUT2D eigenvalue weighted by Gasteiger charge is 2.33. The molecule has 0 amide bonds. The Hall–Kier alpha value is -1.56. The first-order chi connectivity index (χ1) is 9.22. The van der Waals surface area contributed by atoms with Gasteiger partial charge in [-0.25, -0.2) is 9.59 Å². The molecule has 0 spiro atoms. The number of aliphatic carboxylic acids is 1. The van der Waals surface area contributed by atoms with Gasteiger partial charge >= 0.3 is 11.9 Å². The molecule has 0 radical (unpaired) electrons. The van der Waals surface area contributed by atoms with Crippen LogP contribution in [0.5, 0.6) is 0 Å². The number of hydroxylamine groups is 1. The lowest BCUT2D eigenvalue weighted by Gasteiger charge is -2.23. The van der Waals surface area contributed by atoms with Crippen molar-refractivity contribution in [3.05, 3.63) is 12.7 Å². The summed E-state index contributed by atoms with van der Waals surface area (Å²) in [6.45, 7) is 2.32. The molecular formula is C10H19NO9. The number of carbonyl (C=O) groups is 2. The average Bonchev–Trinajstić information content (AvgIpc) is 2.44. The lowest BCUT2D eigenvalue weighted by atomic mass is 10.0. The molecule has 10 nitrogen and oxygen atoms in total. The second-order valence-electron chi connectivity index (χ2n) is 3.34. The van der Waals surface area contributed by atoms with Gasteiger partial charge in [-0.15, -0.1) is 0 Å². The fourth-order valence-electron chi connectivity index (χ4n) is 0.811. The Morgan fingerprint density at radius 2 is 1.75 bits per heavy atom. The van der Waals surface area contributed by atoms with Gasteiger partial charge < -0.3 is 35.5 Å². The molecule has 0 aliphatic rings. The molecule has 0 bridgehead atoms. The van der Waals surface area contributed by atoms with Gasteiger partial charge in [0.1, 0.15) is 18.3 Å². The van der Waals surface area contributed by atoms with Crippen LogP contribution >= 0.6 is 0 Å². The predicted molar refractivity (Wildman–Crippen MR) is 64.1 cm³/mol. The summed E-state index contributed by atoms with van der Waals surface area (Å²) >= 11 is 0. The van der Waals surface area contributed by atoms with Crippen LogP contribution in [-0.2, 0) is 14.4 Å². The Balaban J connectivity index is 0. The van der Waals surface area contributed by atoms with Crippen molar-refractivity contribution in [2.45, 2.75) is 24.4 Å². The molecule has 0 fully saturated rings. The van der Waals surface area contributed by atoms with E-state index in [1.54, 1.807) is 0 Å². The number of rotatable bonds is 7. The molecule has 0 aliphatic carbocycles. The molecule has 118 valence electrons. The summed E-state index contributed by atoms with van der Waals surface area (Å²) < 4.78 is 0. The third-order valence-electron chi connectivity index (χ3n) is 1.88. The van der Waals surface area contributed by atoms with Crippen LogP contribution in [0, 0.1) is 0 Å². The fraction of sp³-hybridized carbons (Fsp3) is 0.600. The fourth-order valence-corrected chi connectivity index (χ4v) is 0.811. The van der Waals surface area contributed by atoms with Gasteiger partial charge in [0.25, 0.3) is 0 Å². The third kappa shape index (κ3) is 8.53. The maximum Gasteiger partial charge on any atom is 0.348 e. The minimum atomic E-state index is -2.20. The molecule has 0 aromatic carbocycles. The summed E-state index contributed by atoms with van der Waals surface area (Å²) in [6.07, 6.45) is -6.76. The Morgan fingerprint density at radius 1 is 1.25 bits per heavy atom. The van der Waals surface area contributed by atoms with Gasteiger partial charge in [0, 0.05) is 13.1 Å². The number of carboxylic acid groups (broad SMARTS) is 1. The van der Waals surface area contributed by atoms with E-state index in [1.165, 1.54) is 7.05 Å². The van der Waals surface area contributed by atoms with Crippen LogP contribution < -0.4 is 5.48 Å². The molecule has 4 unspecified atom stereocenters. The van der Waals surface area contributed by atoms with E-state index in [-0.39, 0.29) is 0 Å². The standard InChI is InChI=1S/C6H12O7.C4H7NO2/c7-1-2(8)3(9)4(10)5(11)6(12)13;1-3-4(6)7-5-2/h2-5,7-11H,1H2,(H,12,13);3,5H,1H2,2H3. The predicted octanol–water partition coefficient (Wildman–Crippen LogP) is -3.64. The smallest absolute Gasteiger partial charge is 0.348 e. The van der Waals surface area contributed by atoms with Crippen molar-refractivity contribution in [1.82, 2.24) is 5.48 Å². The van der Waals surface area contributed by atoms with Crippen molar-refractivity contribution in [3.63, 3.8) is 0 Å². The van der Waals surface area contributed by atoms with Crippen molar-refractivity contribution in [3.8, 4) is 0 Å².